The van der Waals surface area contributed by atoms with Gasteiger partial charge in [-0.3, -0.25) is 24.5 Å². The third-order valence-electron chi connectivity index (χ3n) is 5.91. The maximum atomic E-state index is 13.2. The van der Waals surface area contributed by atoms with Crippen LogP contribution in [0.2, 0.25) is 0 Å². The normalized spacial score (nSPS) is 18.5. The number of urea groups is 1. The fourth-order valence-corrected chi connectivity index (χ4v) is 3.93. The number of imide groups is 2. The van der Waals surface area contributed by atoms with Crippen LogP contribution in [0.5, 0.6) is 0 Å². The lowest BCUT2D eigenvalue weighted by Crippen LogP contribution is -2.72. The number of aliphatic carboxylic acids is 3. The van der Waals surface area contributed by atoms with Gasteiger partial charge < -0.3 is 25.4 Å². The molecule has 1 aliphatic heterocycles. The van der Waals surface area contributed by atoms with E-state index in [1.165, 1.54) is 0 Å². The van der Waals surface area contributed by atoms with Crippen molar-refractivity contribution >= 4 is 41.8 Å². The zero-order valence-electron chi connectivity index (χ0n) is 20.4. The first-order chi connectivity index (χ1) is 18.4. The molecule has 210 valence electrons. The van der Waals surface area contributed by atoms with Gasteiger partial charge in [-0.05, 0) is 36.4 Å². The summed E-state index contributed by atoms with van der Waals surface area (Å²) in [6, 6.07) is 5.39. The smallest absolute Gasteiger partial charge is 0.407 e. The molecule has 1 saturated heterocycles. The lowest BCUT2D eigenvalue weighted by molar-refractivity contribution is -0.162. The fraction of sp³-hybridized carbons (Fsp3) is 0.435. The van der Waals surface area contributed by atoms with Crippen molar-refractivity contribution < 1.29 is 53.6 Å². The molecule has 0 spiro atoms. The predicted octanol–water partition coefficient (Wildman–Crippen LogP) is 0.686. The minimum atomic E-state index is -3.31. The maximum Gasteiger partial charge on any atom is 0.407 e. The van der Waals surface area contributed by atoms with Crippen molar-refractivity contribution in [3.8, 4) is 0 Å². The SMILES string of the molecule is O=NC1([C@H](CCC(=O)O)C(=O)O)C(=O)NC(=O)N([C@@H](CCCCNC(=O)OCc2ccccc2)C(=O)O)C1=O. The molecule has 1 aromatic rings. The summed E-state index contributed by atoms with van der Waals surface area (Å²) in [5.41, 5.74) is -2.55. The Balaban J connectivity index is 2.07. The number of carboxylic acids is 3. The largest absolute Gasteiger partial charge is 0.481 e. The van der Waals surface area contributed by atoms with Crippen LogP contribution in [0.3, 0.4) is 0 Å². The number of barbiturate groups is 1. The minimum absolute atomic E-state index is 0.0177. The van der Waals surface area contributed by atoms with E-state index in [1.807, 2.05) is 0 Å². The van der Waals surface area contributed by atoms with Crippen molar-refractivity contribution in [2.75, 3.05) is 6.54 Å². The number of nitroso groups, excluding NO2 is 1. The number of amides is 5. The zero-order valence-corrected chi connectivity index (χ0v) is 20.4. The maximum absolute atomic E-state index is 13.2. The van der Waals surface area contributed by atoms with Gasteiger partial charge in [-0.25, -0.2) is 19.3 Å². The van der Waals surface area contributed by atoms with Crippen molar-refractivity contribution in [3.05, 3.63) is 40.8 Å². The molecule has 1 heterocycles. The van der Waals surface area contributed by atoms with Gasteiger partial charge in [0.25, 0.3) is 17.4 Å². The third-order valence-corrected chi connectivity index (χ3v) is 5.91. The van der Waals surface area contributed by atoms with Crippen molar-refractivity contribution in [1.82, 2.24) is 15.5 Å². The molecule has 39 heavy (non-hydrogen) atoms. The molecule has 16 nitrogen and oxygen atoms in total. The monoisotopic (exact) mass is 550 g/mol. The summed E-state index contributed by atoms with van der Waals surface area (Å²) in [5.74, 6) is -10.9. The van der Waals surface area contributed by atoms with Crippen LogP contribution >= 0.6 is 0 Å². The molecule has 5 N–H and O–H groups in total. The second-order valence-electron chi connectivity index (χ2n) is 8.45. The van der Waals surface area contributed by atoms with Gasteiger partial charge in [-0.15, -0.1) is 4.91 Å². The fourth-order valence-electron chi connectivity index (χ4n) is 3.93. The van der Waals surface area contributed by atoms with Gasteiger partial charge in [-0.2, -0.15) is 0 Å². The summed E-state index contributed by atoms with van der Waals surface area (Å²) in [6.45, 7) is 0.0592. The zero-order chi connectivity index (χ0) is 29.2. The molecule has 5 amide bonds. The molecule has 2 rings (SSSR count). The Hall–Kier alpha value is -4.89. The summed E-state index contributed by atoms with van der Waals surface area (Å²) in [7, 11) is 0. The minimum Gasteiger partial charge on any atom is -0.481 e. The molecule has 3 atom stereocenters. The molecule has 1 fully saturated rings. The molecule has 16 heteroatoms. The number of rotatable bonds is 15. The van der Waals surface area contributed by atoms with Crippen LogP contribution in [-0.2, 0) is 35.3 Å². The molecule has 0 aromatic heterocycles. The lowest BCUT2D eigenvalue weighted by atomic mass is 9.78. The van der Waals surface area contributed by atoms with Crippen LogP contribution in [0.25, 0.3) is 0 Å². The Morgan fingerprint density at radius 3 is 2.23 bits per heavy atom. The number of nitrogens with zero attached hydrogens (tertiary/aromatic N) is 2. The van der Waals surface area contributed by atoms with Crippen LogP contribution in [0.15, 0.2) is 35.5 Å². The van der Waals surface area contributed by atoms with Crippen LogP contribution in [0.1, 0.15) is 37.7 Å². The molecule has 0 aliphatic carbocycles. The van der Waals surface area contributed by atoms with E-state index in [1.54, 1.807) is 35.6 Å². The van der Waals surface area contributed by atoms with E-state index in [0.717, 1.165) is 5.56 Å². The average molecular weight is 550 g/mol. The Morgan fingerprint density at radius 1 is 1.00 bits per heavy atom. The summed E-state index contributed by atoms with van der Waals surface area (Å²) in [5, 5.41) is 34.5. The number of unbranched alkanes of at least 4 members (excludes halogenated alkanes) is 1. The average Bonchev–Trinajstić information content (AvgIpc) is 2.88. The topological polar surface area (TPSA) is 246 Å². The van der Waals surface area contributed by atoms with Gasteiger partial charge in [0, 0.05) is 13.0 Å². The van der Waals surface area contributed by atoms with Crippen LogP contribution in [0, 0.1) is 10.8 Å². The van der Waals surface area contributed by atoms with Gasteiger partial charge in [0.1, 0.15) is 18.6 Å². The Kier molecular flexibility index (Phi) is 10.6. The number of ether oxygens (including phenoxy) is 1. The number of hydrogen-bond acceptors (Lipinski definition) is 10. The summed E-state index contributed by atoms with van der Waals surface area (Å²) in [4.78, 5) is 96.4. The second kappa shape index (κ2) is 13.6. The molecule has 0 radical (unpaired) electrons. The number of carboxylic acid groups (broad SMARTS) is 3. The number of carbonyl (C=O) groups is 7. The van der Waals surface area contributed by atoms with Crippen molar-refractivity contribution in [2.24, 2.45) is 11.1 Å². The number of carbonyl (C=O) groups excluding carboxylic acids is 4. The van der Waals surface area contributed by atoms with E-state index in [4.69, 9.17) is 9.84 Å². The van der Waals surface area contributed by atoms with E-state index in [9.17, 15) is 48.7 Å². The molecule has 1 unspecified atom stereocenters. The second-order valence-corrected chi connectivity index (χ2v) is 8.45. The highest BCUT2D eigenvalue weighted by molar-refractivity contribution is 6.25. The third kappa shape index (κ3) is 7.33. The molecule has 1 aliphatic rings. The summed E-state index contributed by atoms with van der Waals surface area (Å²) in [6.07, 6.45) is -2.71. The predicted molar refractivity (Wildman–Crippen MR) is 127 cm³/mol. The number of alkyl carbamates (subject to hydrolysis) is 1. The van der Waals surface area contributed by atoms with Crippen LogP contribution < -0.4 is 10.6 Å². The van der Waals surface area contributed by atoms with Gasteiger partial charge in [0.05, 0.1) is 0 Å². The van der Waals surface area contributed by atoms with Crippen molar-refractivity contribution in [2.45, 2.75) is 50.3 Å². The Bertz CT molecular complexity index is 1140. The first-order valence-electron chi connectivity index (χ1n) is 11.6. The Labute approximate surface area is 220 Å². The van der Waals surface area contributed by atoms with Crippen LogP contribution in [0.4, 0.5) is 9.59 Å². The lowest BCUT2D eigenvalue weighted by Gasteiger charge is -2.39. The van der Waals surface area contributed by atoms with Gasteiger partial charge in [0.2, 0.25) is 0 Å². The molecule has 0 saturated carbocycles. The molecule has 1 aromatic carbocycles. The van der Waals surface area contributed by atoms with Gasteiger partial charge in [-0.1, -0.05) is 30.3 Å². The summed E-state index contributed by atoms with van der Waals surface area (Å²) >= 11 is 0. The standard InChI is InChI=1S/C23H26N4O12/c28-16(29)10-9-14(17(30)31)23(26-38)19(34)25-21(36)27(20(23)35)15(18(32)33)8-4-5-11-24-22(37)39-12-13-6-2-1-3-7-13/h1-3,6-7,14-15H,4-5,8-12H2,(H,24,37)(H,28,29)(H,30,31)(H,32,33)(H,25,34,36)/t14-,15+,23?/m1/s1. The van der Waals surface area contributed by atoms with E-state index in [2.05, 4.69) is 10.5 Å². The summed E-state index contributed by atoms with van der Waals surface area (Å²) < 4.78 is 5.03. The first kappa shape index (κ1) is 30.3. The number of hydrogen-bond donors (Lipinski definition) is 5. The van der Waals surface area contributed by atoms with E-state index in [-0.39, 0.29) is 30.9 Å². The van der Waals surface area contributed by atoms with Gasteiger partial charge in [0.15, 0.2) is 0 Å². The van der Waals surface area contributed by atoms with E-state index >= 15 is 0 Å². The van der Waals surface area contributed by atoms with Crippen LogP contribution in [-0.4, -0.2) is 80.2 Å². The van der Waals surface area contributed by atoms with Gasteiger partial charge >= 0.3 is 30.0 Å². The molecular weight excluding hydrogens is 524 g/mol. The molecule has 0 bridgehead atoms. The Morgan fingerprint density at radius 2 is 1.67 bits per heavy atom. The molecular formula is C23H26N4O12. The highest BCUT2D eigenvalue weighted by Gasteiger charge is 2.64. The first-order valence-corrected chi connectivity index (χ1v) is 11.6. The van der Waals surface area contributed by atoms with E-state index in [0.29, 0.717) is 0 Å². The number of nitrogens with one attached hydrogen (secondary N) is 2. The van der Waals surface area contributed by atoms with E-state index < -0.39 is 78.6 Å². The highest BCUT2D eigenvalue weighted by Crippen LogP contribution is 2.34. The van der Waals surface area contributed by atoms with Crippen molar-refractivity contribution in [3.63, 3.8) is 0 Å². The van der Waals surface area contributed by atoms with Crippen molar-refractivity contribution in [1.29, 1.82) is 0 Å². The quantitative estimate of drug-likeness (QED) is 0.115. The number of benzene rings is 1. The highest BCUT2D eigenvalue weighted by atomic mass is 16.5.